The number of nitrogens with one attached hydrogen (secondary N) is 4. The van der Waals surface area contributed by atoms with Crippen molar-refractivity contribution in [3.05, 3.63) is 58.8 Å². The number of anilines is 1. The number of ketones is 1. The summed E-state index contributed by atoms with van der Waals surface area (Å²) in [4.78, 5) is 36.0. The largest absolute Gasteiger partial charge is 0.504 e. The Morgan fingerprint density at radius 3 is 2.92 bits per heavy atom. The van der Waals surface area contributed by atoms with Crippen molar-refractivity contribution in [1.82, 2.24) is 20.3 Å². The molecule has 5 heterocycles. The number of esters is 1. The maximum atomic E-state index is 13.0. The van der Waals surface area contributed by atoms with Crippen molar-refractivity contribution in [3.63, 3.8) is 0 Å². The summed E-state index contributed by atoms with van der Waals surface area (Å²) in [5.74, 6) is -0.998. The van der Waals surface area contributed by atoms with E-state index in [4.69, 9.17) is 9.15 Å². The summed E-state index contributed by atoms with van der Waals surface area (Å²) < 4.78 is 11.4. The van der Waals surface area contributed by atoms with Gasteiger partial charge in [0.15, 0.2) is 27.5 Å². The van der Waals surface area contributed by atoms with Crippen LogP contribution in [-0.4, -0.2) is 56.6 Å². The van der Waals surface area contributed by atoms with Crippen LogP contribution in [0, 0.1) is 0 Å². The first-order valence-electron chi connectivity index (χ1n) is 11.2. The van der Waals surface area contributed by atoms with Gasteiger partial charge < -0.3 is 40.0 Å². The van der Waals surface area contributed by atoms with Crippen LogP contribution < -0.4 is 10.6 Å². The Labute approximate surface area is 207 Å². The first-order valence-corrected chi connectivity index (χ1v) is 12.1. The van der Waals surface area contributed by atoms with E-state index in [0.29, 0.717) is 56.1 Å². The second kappa shape index (κ2) is 8.50. The molecule has 11 nitrogen and oxygen atoms in total. The van der Waals surface area contributed by atoms with Crippen molar-refractivity contribution < 1.29 is 29.0 Å². The SMILES string of the molecule is CCOC(=O)c1[nH]cc2c1NC1=C(C(=O)CNC1)C2c1ccc(Sc2nc3cc(O)c(O)cc3[nH]2)o1. The van der Waals surface area contributed by atoms with Gasteiger partial charge in [0.05, 0.1) is 35.8 Å². The average Bonchev–Trinajstić information content (AvgIpc) is 3.57. The Balaban J connectivity index is 1.37. The van der Waals surface area contributed by atoms with E-state index >= 15 is 0 Å². The number of phenols is 2. The molecule has 0 saturated heterocycles. The van der Waals surface area contributed by atoms with Crippen molar-refractivity contribution in [2.75, 3.05) is 25.0 Å². The summed E-state index contributed by atoms with van der Waals surface area (Å²) in [6, 6.07) is 6.36. The molecule has 0 spiro atoms. The number of aromatic amines is 2. The standard InChI is InChI=1S/C24H21N5O6S/c1-2-34-23(33)22-21-10(7-26-22)19(20-13(27-21)8-25-9-16(20)32)17-3-4-18(35-17)36-24-28-11-5-14(30)15(31)6-12(11)29-24/h3-7,19,25-27,30-31H,2,8-9H2,1H3,(H,28,29). The molecule has 0 radical (unpaired) electrons. The molecule has 12 heteroatoms. The number of carbonyl (C=O) groups is 2. The number of aromatic hydroxyl groups is 2. The summed E-state index contributed by atoms with van der Waals surface area (Å²) in [5, 5.41) is 26.8. The number of rotatable bonds is 5. The van der Waals surface area contributed by atoms with Crippen LogP contribution >= 0.6 is 11.8 Å². The fraction of sp³-hybridized carbons (Fsp3) is 0.208. The second-order valence-electron chi connectivity index (χ2n) is 8.35. The van der Waals surface area contributed by atoms with E-state index in [2.05, 4.69) is 25.6 Å². The topological polar surface area (TPSA) is 166 Å². The highest BCUT2D eigenvalue weighted by molar-refractivity contribution is 7.99. The lowest BCUT2D eigenvalue weighted by Gasteiger charge is -2.31. The Morgan fingerprint density at radius 2 is 2.08 bits per heavy atom. The van der Waals surface area contributed by atoms with Gasteiger partial charge in [0.1, 0.15) is 11.5 Å². The van der Waals surface area contributed by atoms with E-state index in [0.717, 1.165) is 0 Å². The zero-order valence-electron chi connectivity index (χ0n) is 19.0. The summed E-state index contributed by atoms with van der Waals surface area (Å²) >= 11 is 1.23. The number of phenolic OH excluding ortho intramolecular Hbond substituents is 2. The Morgan fingerprint density at radius 1 is 1.25 bits per heavy atom. The van der Waals surface area contributed by atoms with Crippen LogP contribution in [0.5, 0.6) is 11.5 Å². The van der Waals surface area contributed by atoms with Gasteiger partial charge in [-0.15, -0.1) is 0 Å². The molecule has 36 heavy (non-hydrogen) atoms. The zero-order chi connectivity index (χ0) is 25.0. The third-order valence-electron chi connectivity index (χ3n) is 6.12. The van der Waals surface area contributed by atoms with Crippen LogP contribution in [0.4, 0.5) is 5.69 Å². The summed E-state index contributed by atoms with van der Waals surface area (Å²) in [6.45, 7) is 2.64. The zero-order valence-corrected chi connectivity index (χ0v) is 19.8. The van der Waals surface area contributed by atoms with Crippen LogP contribution in [0.15, 0.2) is 56.4 Å². The number of ether oxygens (including phenoxy) is 1. The molecule has 2 aliphatic heterocycles. The molecule has 4 aromatic rings. The van der Waals surface area contributed by atoms with Gasteiger partial charge in [0.25, 0.3) is 0 Å². The number of benzene rings is 1. The monoisotopic (exact) mass is 507 g/mol. The molecule has 0 bridgehead atoms. The molecule has 6 N–H and O–H groups in total. The van der Waals surface area contributed by atoms with Crippen LogP contribution in [0.3, 0.4) is 0 Å². The van der Waals surface area contributed by atoms with E-state index < -0.39 is 11.9 Å². The minimum absolute atomic E-state index is 0.0548. The van der Waals surface area contributed by atoms with Gasteiger partial charge in [-0.1, -0.05) is 0 Å². The minimum atomic E-state index is -0.510. The number of carbonyl (C=O) groups excluding carboxylic acids is 2. The normalized spacial score (nSPS) is 17.1. The van der Waals surface area contributed by atoms with Gasteiger partial charge in [-0.3, -0.25) is 4.79 Å². The Hall–Kier alpha value is -4.16. The van der Waals surface area contributed by atoms with E-state index in [9.17, 15) is 19.8 Å². The molecule has 0 aliphatic carbocycles. The van der Waals surface area contributed by atoms with Gasteiger partial charge in [0, 0.05) is 41.7 Å². The molecule has 2 aliphatic rings. The molecule has 184 valence electrons. The van der Waals surface area contributed by atoms with E-state index in [1.807, 2.05) is 0 Å². The van der Waals surface area contributed by atoms with E-state index in [1.165, 1.54) is 23.9 Å². The summed E-state index contributed by atoms with van der Waals surface area (Å²) in [7, 11) is 0. The molecule has 1 atom stereocenters. The molecule has 0 saturated carbocycles. The number of nitrogens with zero attached hydrogens (tertiary/aromatic N) is 1. The highest BCUT2D eigenvalue weighted by Gasteiger charge is 2.39. The first kappa shape index (κ1) is 22.3. The van der Waals surface area contributed by atoms with Crippen molar-refractivity contribution >= 4 is 40.2 Å². The number of imidazole rings is 1. The summed E-state index contributed by atoms with van der Waals surface area (Å²) in [5.41, 5.74) is 3.92. The van der Waals surface area contributed by atoms with Gasteiger partial charge in [-0.05, 0) is 30.8 Å². The number of hydrogen-bond acceptors (Lipinski definition) is 10. The molecule has 0 amide bonds. The Kier molecular flexibility index (Phi) is 5.27. The van der Waals surface area contributed by atoms with Crippen molar-refractivity contribution in [2.24, 2.45) is 0 Å². The van der Waals surface area contributed by atoms with Gasteiger partial charge >= 0.3 is 5.97 Å². The highest BCUT2D eigenvalue weighted by Crippen LogP contribution is 2.45. The van der Waals surface area contributed by atoms with Crippen molar-refractivity contribution in [3.8, 4) is 11.5 Å². The smallest absolute Gasteiger partial charge is 0.356 e. The molecule has 1 unspecified atom stereocenters. The third-order valence-corrected chi connectivity index (χ3v) is 6.93. The maximum absolute atomic E-state index is 13.0. The predicted octanol–water partition coefficient (Wildman–Crippen LogP) is 3.21. The second-order valence-corrected chi connectivity index (χ2v) is 9.34. The van der Waals surface area contributed by atoms with Crippen molar-refractivity contribution in [2.45, 2.75) is 23.1 Å². The minimum Gasteiger partial charge on any atom is -0.504 e. The number of furan rings is 1. The number of fused-ring (bicyclic) bond motifs is 2. The van der Waals surface area contributed by atoms with Gasteiger partial charge in [-0.2, -0.15) is 0 Å². The number of Topliss-reactive ketones (excluding diaryl/α,β-unsaturated/α-hetero) is 1. The first-order chi connectivity index (χ1) is 17.4. The lowest BCUT2D eigenvalue weighted by Crippen LogP contribution is -2.39. The lowest BCUT2D eigenvalue weighted by molar-refractivity contribution is -0.115. The number of H-pyrrole nitrogens is 2. The van der Waals surface area contributed by atoms with Crippen LogP contribution in [-0.2, 0) is 9.53 Å². The quantitative estimate of drug-likeness (QED) is 0.174. The van der Waals surface area contributed by atoms with Crippen LogP contribution in [0.25, 0.3) is 11.0 Å². The maximum Gasteiger partial charge on any atom is 0.356 e. The van der Waals surface area contributed by atoms with Crippen LogP contribution in [0.2, 0.25) is 0 Å². The third kappa shape index (κ3) is 3.62. The molecular formula is C24H21N5O6S. The molecule has 3 aromatic heterocycles. The lowest BCUT2D eigenvalue weighted by atomic mass is 9.82. The van der Waals surface area contributed by atoms with E-state index in [-0.39, 0.29) is 36.1 Å². The average molecular weight is 508 g/mol. The molecule has 1 aromatic carbocycles. The molecule has 6 rings (SSSR count). The fourth-order valence-corrected chi connectivity index (χ4v) is 5.34. The summed E-state index contributed by atoms with van der Waals surface area (Å²) in [6.07, 6.45) is 1.70. The molecule has 0 fully saturated rings. The van der Waals surface area contributed by atoms with Gasteiger partial charge in [0.2, 0.25) is 0 Å². The van der Waals surface area contributed by atoms with Crippen LogP contribution in [0.1, 0.15) is 34.7 Å². The number of aromatic nitrogens is 3. The molecular weight excluding hydrogens is 486 g/mol. The fourth-order valence-electron chi connectivity index (χ4n) is 4.57. The van der Waals surface area contributed by atoms with Gasteiger partial charge in [-0.25, -0.2) is 9.78 Å². The highest BCUT2D eigenvalue weighted by atomic mass is 32.2. The van der Waals surface area contributed by atoms with E-state index in [1.54, 1.807) is 25.3 Å². The Bertz CT molecular complexity index is 1530. The predicted molar refractivity (Wildman–Crippen MR) is 129 cm³/mol. The number of hydrogen-bond donors (Lipinski definition) is 6. The van der Waals surface area contributed by atoms with Crippen molar-refractivity contribution in [1.29, 1.82) is 0 Å².